The highest BCUT2D eigenvalue weighted by Gasteiger charge is 2.27. The van der Waals surface area contributed by atoms with Gasteiger partial charge in [0.25, 0.3) is 10.0 Å². The van der Waals surface area contributed by atoms with Crippen LogP contribution in [0.3, 0.4) is 0 Å². The molecule has 7 heteroatoms. The Labute approximate surface area is 199 Å². The number of anilines is 1. The number of hydrogen-bond acceptors (Lipinski definition) is 4. The van der Waals surface area contributed by atoms with Crippen molar-refractivity contribution in [3.63, 3.8) is 0 Å². The van der Waals surface area contributed by atoms with Crippen molar-refractivity contribution in [1.29, 1.82) is 0 Å². The summed E-state index contributed by atoms with van der Waals surface area (Å²) >= 11 is 0. The summed E-state index contributed by atoms with van der Waals surface area (Å²) in [6.07, 6.45) is 0. The molecule has 0 saturated carbocycles. The predicted molar refractivity (Wildman–Crippen MR) is 134 cm³/mol. The second-order valence-corrected chi connectivity index (χ2v) is 9.85. The highest BCUT2D eigenvalue weighted by molar-refractivity contribution is 7.92. The van der Waals surface area contributed by atoms with Crippen molar-refractivity contribution >= 4 is 32.4 Å². The molecule has 0 fully saturated rings. The molecule has 0 unspecified atom stereocenters. The van der Waals surface area contributed by atoms with Gasteiger partial charge in [-0.25, -0.2) is 8.42 Å². The molecule has 0 aliphatic rings. The molecule has 4 rings (SSSR count). The molecule has 0 aromatic heterocycles. The minimum Gasteiger partial charge on any atom is -0.497 e. The lowest BCUT2D eigenvalue weighted by Crippen LogP contribution is -2.40. The van der Waals surface area contributed by atoms with E-state index in [1.165, 1.54) is 7.11 Å². The quantitative estimate of drug-likeness (QED) is 0.403. The summed E-state index contributed by atoms with van der Waals surface area (Å²) in [5.41, 5.74) is 2.22. The van der Waals surface area contributed by atoms with Crippen LogP contribution in [0.4, 0.5) is 5.69 Å². The molecule has 0 atom stereocenters. The fourth-order valence-electron chi connectivity index (χ4n) is 3.65. The third-order valence-corrected chi connectivity index (χ3v) is 7.33. The van der Waals surface area contributed by atoms with Gasteiger partial charge in [-0.2, -0.15) is 0 Å². The van der Waals surface area contributed by atoms with E-state index in [0.717, 1.165) is 26.2 Å². The Balaban J connectivity index is 1.58. The summed E-state index contributed by atoms with van der Waals surface area (Å²) in [6, 6.07) is 27.2. The summed E-state index contributed by atoms with van der Waals surface area (Å²) in [5, 5.41) is 5.04. The molecule has 1 N–H and O–H groups in total. The lowest BCUT2D eigenvalue weighted by atomic mass is 10.1. The standard InChI is InChI=1S/C27H26N2O4S/c1-20-10-14-26(15-11-20)34(31,32)29(24-8-5-9-25(17-24)33-2)19-27(30)28-18-21-12-13-22-6-3-4-7-23(22)16-21/h3-17H,18-19H2,1-2H3,(H,28,30). The Bertz CT molecular complexity index is 1420. The molecular formula is C27H26N2O4S. The van der Waals surface area contributed by atoms with Gasteiger partial charge in [-0.15, -0.1) is 0 Å². The number of aryl methyl sites for hydroxylation is 1. The highest BCUT2D eigenvalue weighted by Crippen LogP contribution is 2.27. The third kappa shape index (κ3) is 5.21. The predicted octanol–water partition coefficient (Wildman–Crippen LogP) is 4.67. The number of amides is 1. The summed E-state index contributed by atoms with van der Waals surface area (Å²) in [5.74, 6) is 0.0878. The summed E-state index contributed by atoms with van der Waals surface area (Å²) in [6.45, 7) is 1.81. The minimum atomic E-state index is -3.99. The molecule has 0 spiro atoms. The van der Waals surface area contributed by atoms with Gasteiger partial charge in [0.1, 0.15) is 12.3 Å². The fraction of sp³-hybridized carbons (Fsp3) is 0.148. The van der Waals surface area contributed by atoms with Crippen LogP contribution in [0.15, 0.2) is 95.9 Å². The normalized spacial score (nSPS) is 11.2. The van der Waals surface area contributed by atoms with Gasteiger partial charge >= 0.3 is 0 Å². The Morgan fingerprint density at radius 1 is 0.882 bits per heavy atom. The van der Waals surface area contributed by atoms with E-state index in [0.29, 0.717) is 18.0 Å². The fourth-order valence-corrected chi connectivity index (χ4v) is 5.07. The van der Waals surface area contributed by atoms with E-state index in [2.05, 4.69) is 5.32 Å². The van der Waals surface area contributed by atoms with Gasteiger partial charge in [-0.05, 0) is 53.6 Å². The molecule has 4 aromatic carbocycles. The SMILES string of the molecule is COc1cccc(N(CC(=O)NCc2ccc3ccccc3c2)S(=O)(=O)c2ccc(C)cc2)c1. The van der Waals surface area contributed by atoms with Crippen LogP contribution in [-0.2, 0) is 21.4 Å². The molecule has 1 amide bonds. The first-order valence-electron chi connectivity index (χ1n) is 10.8. The van der Waals surface area contributed by atoms with Crippen molar-refractivity contribution in [3.8, 4) is 5.75 Å². The zero-order valence-electron chi connectivity index (χ0n) is 19.1. The Morgan fingerprint density at radius 2 is 1.62 bits per heavy atom. The molecule has 4 aromatic rings. The molecule has 6 nitrogen and oxygen atoms in total. The molecular weight excluding hydrogens is 448 g/mol. The first-order valence-corrected chi connectivity index (χ1v) is 12.3. The van der Waals surface area contributed by atoms with E-state index in [1.807, 2.05) is 49.4 Å². The zero-order valence-corrected chi connectivity index (χ0v) is 19.9. The number of sulfonamides is 1. The monoisotopic (exact) mass is 474 g/mol. The van der Waals surface area contributed by atoms with Crippen LogP contribution in [0.1, 0.15) is 11.1 Å². The number of carbonyl (C=O) groups excluding carboxylic acids is 1. The lowest BCUT2D eigenvalue weighted by molar-refractivity contribution is -0.119. The number of nitrogens with one attached hydrogen (secondary N) is 1. The van der Waals surface area contributed by atoms with Crippen molar-refractivity contribution in [2.45, 2.75) is 18.4 Å². The lowest BCUT2D eigenvalue weighted by Gasteiger charge is -2.24. The van der Waals surface area contributed by atoms with Crippen molar-refractivity contribution in [1.82, 2.24) is 5.32 Å². The maximum Gasteiger partial charge on any atom is 0.264 e. The van der Waals surface area contributed by atoms with Gasteiger partial charge in [0.15, 0.2) is 0 Å². The second kappa shape index (κ2) is 9.97. The zero-order chi connectivity index (χ0) is 24.1. The van der Waals surface area contributed by atoms with Crippen LogP contribution < -0.4 is 14.4 Å². The average molecular weight is 475 g/mol. The van der Waals surface area contributed by atoms with Crippen LogP contribution in [0, 0.1) is 6.92 Å². The average Bonchev–Trinajstić information content (AvgIpc) is 2.86. The van der Waals surface area contributed by atoms with Crippen LogP contribution in [0.5, 0.6) is 5.75 Å². The molecule has 0 bridgehead atoms. The van der Waals surface area contributed by atoms with E-state index in [1.54, 1.807) is 48.5 Å². The van der Waals surface area contributed by atoms with E-state index in [9.17, 15) is 13.2 Å². The van der Waals surface area contributed by atoms with Crippen LogP contribution in [0.2, 0.25) is 0 Å². The number of carbonyl (C=O) groups is 1. The van der Waals surface area contributed by atoms with Crippen molar-refractivity contribution in [2.75, 3.05) is 18.0 Å². The largest absolute Gasteiger partial charge is 0.497 e. The summed E-state index contributed by atoms with van der Waals surface area (Å²) in [4.78, 5) is 13.0. The van der Waals surface area contributed by atoms with Gasteiger partial charge in [0.05, 0.1) is 17.7 Å². The summed E-state index contributed by atoms with van der Waals surface area (Å²) in [7, 11) is -2.48. The first-order chi connectivity index (χ1) is 16.4. The number of methoxy groups -OCH3 is 1. The molecule has 0 heterocycles. The molecule has 34 heavy (non-hydrogen) atoms. The van der Waals surface area contributed by atoms with Crippen molar-refractivity contribution in [2.24, 2.45) is 0 Å². The van der Waals surface area contributed by atoms with Gasteiger partial charge in [-0.3, -0.25) is 9.10 Å². The summed E-state index contributed by atoms with van der Waals surface area (Å²) < 4.78 is 33.4. The number of ether oxygens (including phenoxy) is 1. The molecule has 0 radical (unpaired) electrons. The minimum absolute atomic E-state index is 0.114. The van der Waals surface area contributed by atoms with E-state index in [4.69, 9.17) is 4.74 Å². The van der Waals surface area contributed by atoms with Gasteiger partial charge < -0.3 is 10.1 Å². The van der Waals surface area contributed by atoms with Crippen LogP contribution in [0.25, 0.3) is 10.8 Å². The smallest absolute Gasteiger partial charge is 0.264 e. The molecule has 0 aliphatic carbocycles. The van der Waals surface area contributed by atoms with E-state index >= 15 is 0 Å². The number of nitrogens with zero attached hydrogens (tertiary/aromatic N) is 1. The number of benzene rings is 4. The van der Waals surface area contributed by atoms with Crippen LogP contribution in [-0.4, -0.2) is 28.0 Å². The van der Waals surface area contributed by atoms with Gasteiger partial charge in [0, 0.05) is 12.6 Å². The first kappa shape index (κ1) is 23.3. The van der Waals surface area contributed by atoms with Crippen LogP contribution >= 0.6 is 0 Å². The molecule has 0 aliphatic heterocycles. The molecule has 174 valence electrons. The maximum atomic E-state index is 13.5. The topological polar surface area (TPSA) is 75.7 Å². The number of hydrogen-bond donors (Lipinski definition) is 1. The van der Waals surface area contributed by atoms with Gasteiger partial charge in [-0.1, -0.05) is 60.2 Å². The Hall–Kier alpha value is -3.84. The van der Waals surface area contributed by atoms with Crippen molar-refractivity contribution in [3.05, 3.63) is 102 Å². The third-order valence-electron chi connectivity index (χ3n) is 5.54. The Morgan fingerprint density at radius 3 is 2.35 bits per heavy atom. The van der Waals surface area contributed by atoms with Gasteiger partial charge in [0.2, 0.25) is 5.91 Å². The highest BCUT2D eigenvalue weighted by atomic mass is 32.2. The number of fused-ring (bicyclic) bond motifs is 1. The molecule has 0 saturated heterocycles. The maximum absolute atomic E-state index is 13.5. The van der Waals surface area contributed by atoms with E-state index in [-0.39, 0.29) is 11.4 Å². The number of rotatable bonds is 8. The second-order valence-electron chi connectivity index (χ2n) is 7.98. The van der Waals surface area contributed by atoms with E-state index < -0.39 is 15.9 Å². The Kier molecular flexibility index (Phi) is 6.84. The van der Waals surface area contributed by atoms with Crippen molar-refractivity contribution < 1.29 is 17.9 Å².